The molecule has 4 N–H and O–H groups in total. The third-order valence-electron chi connectivity index (χ3n) is 3.94. The van der Waals surface area contributed by atoms with Crippen LogP contribution in [0.25, 0.3) is 16.6 Å². The van der Waals surface area contributed by atoms with Gasteiger partial charge in [0.1, 0.15) is 11.1 Å². The van der Waals surface area contributed by atoms with Crippen LogP contribution in [-0.4, -0.2) is 26.1 Å². The van der Waals surface area contributed by atoms with Crippen LogP contribution in [0.4, 0.5) is 11.8 Å². The van der Waals surface area contributed by atoms with Crippen molar-refractivity contribution < 1.29 is 9.53 Å². The summed E-state index contributed by atoms with van der Waals surface area (Å²) in [4.78, 5) is 20.3. The van der Waals surface area contributed by atoms with Crippen LogP contribution >= 0.6 is 0 Å². The smallest absolute Gasteiger partial charge is 0.338 e. The van der Waals surface area contributed by atoms with E-state index in [-0.39, 0.29) is 11.9 Å². The molecule has 2 heterocycles. The van der Waals surface area contributed by atoms with Gasteiger partial charge in [-0.3, -0.25) is 0 Å². The number of carbonyl (C=O) groups excluding carboxylic acids is 1. The number of nitrogens with zero attached hydrogens (tertiary/aromatic N) is 3. The molecule has 0 radical (unpaired) electrons. The number of benzene rings is 1. The van der Waals surface area contributed by atoms with Crippen LogP contribution in [0.5, 0.6) is 0 Å². The Hall–Kier alpha value is -3.35. The lowest BCUT2D eigenvalue weighted by molar-refractivity contribution is 0.00695. The quantitative estimate of drug-likeness (QED) is 0.687. The molecule has 0 bridgehead atoms. The van der Waals surface area contributed by atoms with Crippen LogP contribution in [0, 0.1) is 0 Å². The third kappa shape index (κ3) is 4.08. The fraction of sp³-hybridized carbons (Fsp3) is 0.250. The van der Waals surface area contributed by atoms with Gasteiger partial charge in [0.25, 0.3) is 0 Å². The van der Waals surface area contributed by atoms with Gasteiger partial charge in [0.2, 0.25) is 5.95 Å². The molecule has 3 aromatic rings. The SMILES string of the molecule is C=C(Cn1ccc2nc(N)nc(N)c21)c1ccc(C(=O)OC(C)(C)C)cc1. The topological polar surface area (TPSA) is 109 Å². The molecule has 1 aromatic carbocycles. The zero-order valence-corrected chi connectivity index (χ0v) is 15.7. The third-order valence-corrected chi connectivity index (χ3v) is 3.94. The Balaban J connectivity index is 1.78. The lowest BCUT2D eigenvalue weighted by atomic mass is 10.1. The molecule has 2 aromatic heterocycles. The summed E-state index contributed by atoms with van der Waals surface area (Å²) in [6.07, 6.45) is 1.87. The second kappa shape index (κ2) is 6.75. The summed E-state index contributed by atoms with van der Waals surface area (Å²) >= 11 is 0. The number of nitrogens with two attached hydrogens (primary N) is 2. The summed E-state index contributed by atoms with van der Waals surface area (Å²) in [5.74, 6) is 0.128. The molecule has 0 aliphatic heterocycles. The molecule has 7 heteroatoms. The highest BCUT2D eigenvalue weighted by molar-refractivity contribution is 5.90. The molecular weight excluding hydrogens is 342 g/mol. The summed E-state index contributed by atoms with van der Waals surface area (Å²) in [5, 5.41) is 0. The van der Waals surface area contributed by atoms with Crippen LogP contribution in [0.3, 0.4) is 0 Å². The number of hydrogen-bond donors (Lipinski definition) is 2. The second-order valence-corrected chi connectivity index (χ2v) is 7.33. The van der Waals surface area contributed by atoms with Gasteiger partial charge in [-0.1, -0.05) is 18.7 Å². The fourth-order valence-corrected chi connectivity index (χ4v) is 2.76. The van der Waals surface area contributed by atoms with E-state index in [4.69, 9.17) is 16.2 Å². The van der Waals surface area contributed by atoms with E-state index in [1.165, 1.54) is 0 Å². The molecule has 7 nitrogen and oxygen atoms in total. The number of rotatable bonds is 4. The first-order chi connectivity index (χ1) is 12.6. The van der Waals surface area contributed by atoms with Gasteiger partial charge >= 0.3 is 5.97 Å². The van der Waals surface area contributed by atoms with Crippen LogP contribution in [0.15, 0.2) is 43.1 Å². The van der Waals surface area contributed by atoms with Gasteiger partial charge in [-0.2, -0.15) is 4.98 Å². The van der Waals surface area contributed by atoms with Gasteiger partial charge in [0, 0.05) is 12.7 Å². The number of fused-ring (bicyclic) bond motifs is 1. The van der Waals surface area contributed by atoms with Gasteiger partial charge in [-0.15, -0.1) is 0 Å². The zero-order chi connectivity index (χ0) is 19.8. The van der Waals surface area contributed by atoms with E-state index in [9.17, 15) is 4.79 Å². The van der Waals surface area contributed by atoms with Gasteiger partial charge in [-0.25, -0.2) is 9.78 Å². The van der Waals surface area contributed by atoms with Crippen molar-refractivity contribution in [3.63, 3.8) is 0 Å². The molecule has 3 rings (SSSR count). The lowest BCUT2D eigenvalue weighted by Crippen LogP contribution is -2.23. The molecule has 140 valence electrons. The molecule has 0 aliphatic carbocycles. The van der Waals surface area contributed by atoms with E-state index < -0.39 is 5.60 Å². The highest BCUT2D eigenvalue weighted by Crippen LogP contribution is 2.24. The van der Waals surface area contributed by atoms with Crippen molar-refractivity contribution in [1.29, 1.82) is 0 Å². The predicted octanol–water partition coefficient (Wildman–Crippen LogP) is 3.26. The first kappa shape index (κ1) is 18.4. The molecule has 27 heavy (non-hydrogen) atoms. The van der Waals surface area contributed by atoms with Crippen molar-refractivity contribution >= 4 is 34.3 Å². The van der Waals surface area contributed by atoms with E-state index in [0.717, 1.165) is 16.7 Å². The lowest BCUT2D eigenvalue weighted by Gasteiger charge is -2.19. The number of anilines is 2. The van der Waals surface area contributed by atoms with Crippen molar-refractivity contribution in [3.05, 3.63) is 54.2 Å². The van der Waals surface area contributed by atoms with E-state index in [1.807, 2.05) is 49.7 Å². The van der Waals surface area contributed by atoms with Gasteiger partial charge in [-0.05, 0) is 50.1 Å². The van der Waals surface area contributed by atoms with E-state index >= 15 is 0 Å². The minimum Gasteiger partial charge on any atom is -0.456 e. The molecule has 0 unspecified atom stereocenters. The summed E-state index contributed by atoms with van der Waals surface area (Å²) in [5.41, 5.74) is 14.8. The minimum atomic E-state index is -0.528. The maximum Gasteiger partial charge on any atom is 0.338 e. The number of esters is 1. The Morgan fingerprint density at radius 3 is 2.37 bits per heavy atom. The summed E-state index contributed by atoms with van der Waals surface area (Å²) < 4.78 is 7.30. The van der Waals surface area contributed by atoms with Crippen LogP contribution in [0.1, 0.15) is 36.7 Å². The maximum atomic E-state index is 12.1. The summed E-state index contributed by atoms with van der Waals surface area (Å²) in [6, 6.07) is 9.01. The number of ether oxygens (including phenoxy) is 1. The Morgan fingerprint density at radius 1 is 1.11 bits per heavy atom. The summed E-state index contributed by atoms with van der Waals surface area (Å²) in [6.45, 7) is 10.2. The highest BCUT2D eigenvalue weighted by Gasteiger charge is 2.18. The van der Waals surface area contributed by atoms with Crippen molar-refractivity contribution in [1.82, 2.24) is 14.5 Å². The average Bonchev–Trinajstić information content (AvgIpc) is 2.96. The van der Waals surface area contributed by atoms with E-state index in [1.54, 1.807) is 12.1 Å². The number of aromatic nitrogens is 3. The maximum absolute atomic E-state index is 12.1. The molecule has 0 amide bonds. The predicted molar refractivity (Wildman–Crippen MR) is 107 cm³/mol. The average molecular weight is 365 g/mol. The second-order valence-electron chi connectivity index (χ2n) is 7.33. The van der Waals surface area contributed by atoms with Gasteiger partial charge in [0.05, 0.1) is 11.1 Å². The molecule has 0 saturated carbocycles. The van der Waals surface area contributed by atoms with Crippen LogP contribution < -0.4 is 11.5 Å². The summed E-state index contributed by atoms with van der Waals surface area (Å²) in [7, 11) is 0. The fourth-order valence-electron chi connectivity index (χ4n) is 2.76. The first-order valence-electron chi connectivity index (χ1n) is 8.53. The Labute approximate surface area is 157 Å². The van der Waals surface area contributed by atoms with E-state index in [2.05, 4.69) is 16.5 Å². The standard InChI is InChI=1S/C20H23N5O2/c1-12(11-25-10-9-15-16(25)17(21)24-19(22)23-15)13-5-7-14(8-6-13)18(26)27-20(2,3)4/h5-10H,1,11H2,2-4H3,(H4,21,22,23,24). The van der Waals surface area contributed by atoms with Crippen molar-refractivity contribution in [2.75, 3.05) is 11.5 Å². The van der Waals surface area contributed by atoms with Crippen molar-refractivity contribution in [2.24, 2.45) is 0 Å². The normalized spacial score (nSPS) is 11.5. The molecular formula is C20H23N5O2. The molecule has 0 spiro atoms. The van der Waals surface area contributed by atoms with Crippen LogP contribution in [0.2, 0.25) is 0 Å². The Morgan fingerprint density at radius 2 is 1.74 bits per heavy atom. The molecule has 0 fully saturated rings. The van der Waals surface area contributed by atoms with E-state index in [0.29, 0.717) is 23.4 Å². The monoisotopic (exact) mass is 365 g/mol. The number of allylic oxidation sites excluding steroid dienone is 1. The number of nitrogen functional groups attached to an aromatic ring is 2. The molecule has 0 aliphatic rings. The van der Waals surface area contributed by atoms with Crippen molar-refractivity contribution in [2.45, 2.75) is 32.9 Å². The zero-order valence-electron chi connectivity index (χ0n) is 15.7. The largest absolute Gasteiger partial charge is 0.456 e. The molecule has 0 saturated heterocycles. The Kier molecular flexibility index (Phi) is 4.61. The number of carbonyl (C=O) groups is 1. The molecule has 0 atom stereocenters. The Bertz CT molecular complexity index is 1010. The van der Waals surface area contributed by atoms with Gasteiger partial charge in [0.15, 0.2) is 5.82 Å². The highest BCUT2D eigenvalue weighted by atomic mass is 16.6. The number of hydrogen-bond acceptors (Lipinski definition) is 6. The minimum absolute atomic E-state index is 0.148. The van der Waals surface area contributed by atoms with Crippen LogP contribution in [-0.2, 0) is 11.3 Å². The van der Waals surface area contributed by atoms with Gasteiger partial charge < -0.3 is 20.8 Å². The first-order valence-corrected chi connectivity index (χ1v) is 8.53. The van der Waals surface area contributed by atoms with Crippen molar-refractivity contribution in [3.8, 4) is 0 Å².